The number of piperazine rings is 1. The van der Waals surface area contributed by atoms with E-state index >= 15 is 0 Å². The zero-order valence-electron chi connectivity index (χ0n) is 11.3. The highest BCUT2D eigenvalue weighted by molar-refractivity contribution is 9.10. The van der Waals surface area contributed by atoms with E-state index in [4.69, 9.17) is 0 Å². The van der Waals surface area contributed by atoms with E-state index in [9.17, 15) is 9.90 Å². The number of carbonyl (C=O) groups is 1. The second kappa shape index (κ2) is 5.92. The van der Waals surface area contributed by atoms with E-state index in [1.165, 1.54) is 5.56 Å². The number of amides is 1. The number of aliphatic hydroxyl groups excluding tert-OH is 1. The first kappa shape index (κ1) is 14.3. The van der Waals surface area contributed by atoms with Gasteiger partial charge in [-0.25, -0.2) is 0 Å². The minimum Gasteiger partial charge on any atom is -0.396 e. The van der Waals surface area contributed by atoms with E-state index in [0.717, 1.165) is 16.7 Å². The molecule has 1 heterocycles. The third-order valence-electron chi connectivity index (χ3n) is 3.53. The van der Waals surface area contributed by atoms with E-state index in [1.54, 1.807) is 4.90 Å². The monoisotopic (exact) mass is 326 g/mol. The second-order valence-corrected chi connectivity index (χ2v) is 5.79. The molecule has 1 N–H and O–H groups in total. The first-order valence-electron chi connectivity index (χ1n) is 6.43. The van der Waals surface area contributed by atoms with Crippen LogP contribution < -0.4 is 4.90 Å². The van der Waals surface area contributed by atoms with E-state index in [2.05, 4.69) is 20.8 Å². The van der Waals surface area contributed by atoms with Crippen molar-refractivity contribution in [3.8, 4) is 0 Å². The van der Waals surface area contributed by atoms with Crippen molar-refractivity contribution < 1.29 is 9.90 Å². The molecule has 1 aliphatic heterocycles. The fourth-order valence-corrected chi connectivity index (χ4v) is 3.17. The molecule has 1 unspecified atom stereocenters. The van der Waals surface area contributed by atoms with Crippen molar-refractivity contribution in [1.29, 1.82) is 0 Å². The van der Waals surface area contributed by atoms with Gasteiger partial charge in [-0.05, 0) is 47.0 Å². The first-order chi connectivity index (χ1) is 9.04. The van der Waals surface area contributed by atoms with Gasteiger partial charge < -0.3 is 14.9 Å². The number of carbonyl (C=O) groups excluding carboxylic acids is 1. The van der Waals surface area contributed by atoms with Crippen LogP contribution in [0.25, 0.3) is 0 Å². The minimum absolute atomic E-state index is 0.0181. The third kappa shape index (κ3) is 2.92. The van der Waals surface area contributed by atoms with Crippen LogP contribution in [0.3, 0.4) is 0 Å². The van der Waals surface area contributed by atoms with Gasteiger partial charge in [0, 0.05) is 31.2 Å². The lowest BCUT2D eigenvalue weighted by Crippen LogP contribution is -2.56. The largest absolute Gasteiger partial charge is 0.396 e. The average Bonchev–Trinajstić information content (AvgIpc) is 2.36. The molecule has 0 aliphatic carbocycles. The molecule has 1 saturated heterocycles. The first-order valence-corrected chi connectivity index (χ1v) is 7.22. The molecular formula is C14H19BrN2O2. The van der Waals surface area contributed by atoms with Crippen LogP contribution >= 0.6 is 15.9 Å². The van der Waals surface area contributed by atoms with Crippen molar-refractivity contribution in [1.82, 2.24) is 4.90 Å². The fraction of sp³-hybridized carbons (Fsp3) is 0.500. The number of rotatable bonds is 3. The smallest absolute Gasteiger partial charge is 0.245 e. The van der Waals surface area contributed by atoms with Crippen molar-refractivity contribution in [2.45, 2.75) is 19.4 Å². The van der Waals surface area contributed by atoms with E-state index in [0.29, 0.717) is 13.0 Å². The van der Waals surface area contributed by atoms with Crippen molar-refractivity contribution in [2.75, 3.05) is 31.6 Å². The number of aliphatic hydroxyl groups is 1. The summed E-state index contributed by atoms with van der Waals surface area (Å²) in [5.74, 6) is 0.0766. The number of aryl methyl sites for hydroxylation is 1. The predicted molar refractivity (Wildman–Crippen MR) is 79.4 cm³/mol. The number of benzene rings is 1. The lowest BCUT2D eigenvalue weighted by molar-refractivity contribution is -0.133. The van der Waals surface area contributed by atoms with Crippen molar-refractivity contribution in [2.24, 2.45) is 0 Å². The number of hydrogen-bond acceptors (Lipinski definition) is 3. The van der Waals surface area contributed by atoms with Crippen molar-refractivity contribution >= 4 is 27.5 Å². The van der Waals surface area contributed by atoms with Crippen molar-refractivity contribution in [3.63, 3.8) is 0 Å². The maximum absolute atomic E-state index is 12.2. The SMILES string of the molecule is Cc1ccc(N2CCN(C)C(=O)C2CCO)c(Br)c1. The van der Waals surface area contributed by atoms with E-state index in [-0.39, 0.29) is 18.6 Å². The maximum atomic E-state index is 12.2. The molecule has 104 valence electrons. The molecule has 2 rings (SSSR count). The standard InChI is InChI=1S/C14H19BrN2O2/c1-10-3-4-12(11(15)9-10)17-7-6-16(2)14(19)13(17)5-8-18/h3-4,9,13,18H,5-8H2,1-2H3. The van der Waals surface area contributed by atoms with Crippen LogP contribution in [-0.4, -0.2) is 48.7 Å². The molecule has 0 aromatic heterocycles. The summed E-state index contributed by atoms with van der Waals surface area (Å²) in [6.07, 6.45) is 0.462. The summed E-state index contributed by atoms with van der Waals surface area (Å²) in [5.41, 5.74) is 2.19. The zero-order valence-corrected chi connectivity index (χ0v) is 12.9. The van der Waals surface area contributed by atoms with E-state index < -0.39 is 0 Å². The van der Waals surface area contributed by atoms with Gasteiger partial charge in [0.1, 0.15) is 6.04 Å². The minimum atomic E-state index is -0.275. The van der Waals surface area contributed by atoms with Gasteiger partial charge in [0.25, 0.3) is 0 Å². The number of halogens is 1. The molecule has 1 amide bonds. The Hall–Kier alpha value is -1.07. The Morgan fingerprint density at radius 3 is 2.79 bits per heavy atom. The molecular weight excluding hydrogens is 308 g/mol. The van der Waals surface area contributed by atoms with Gasteiger partial charge >= 0.3 is 0 Å². The van der Waals surface area contributed by atoms with Gasteiger partial charge in [-0.3, -0.25) is 4.79 Å². The van der Waals surface area contributed by atoms with Gasteiger partial charge in [-0.15, -0.1) is 0 Å². The Morgan fingerprint density at radius 1 is 1.42 bits per heavy atom. The van der Waals surface area contributed by atoms with Crippen LogP contribution in [0, 0.1) is 6.92 Å². The summed E-state index contributed by atoms with van der Waals surface area (Å²) in [6.45, 7) is 3.55. The van der Waals surface area contributed by atoms with Crippen LogP contribution in [0.15, 0.2) is 22.7 Å². The Kier molecular flexibility index (Phi) is 4.47. The Balaban J connectivity index is 2.32. The number of nitrogens with zero attached hydrogens (tertiary/aromatic N) is 2. The van der Waals surface area contributed by atoms with Gasteiger partial charge in [-0.2, -0.15) is 0 Å². The predicted octanol–water partition coefficient (Wildman–Crippen LogP) is 1.79. The lowest BCUT2D eigenvalue weighted by Gasteiger charge is -2.41. The molecule has 1 atom stereocenters. The molecule has 1 aliphatic rings. The van der Waals surface area contributed by atoms with Crippen LogP contribution in [0.5, 0.6) is 0 Å². The van der Waals surface area contributed by atoms with Crippen LogP contribution in [0.1, 0.15) is 12.0 Å². The summed E-state index contributed by atoms with van der Waals surface area (Å²) in [7, 11) is 1.81. The van der Waals surface area contributed by atoms with Crippen molar-refractivity contribution in [3.05, 3.63) is 28.2 Å². The third-order valence-corrected chi connectivity index (χ3v) is 4.16. The van der Waals surface area contributed by atoms with E-state index in [1.807, 2.05) is 32.2 Å². The Morgan fingerprint density at radius 2 is 2.16 bits per heavy atom. The number of hydrogen-bond donors (Lipinski definition) is 1. The Labute approximate surface area is 122 Å². The topological polar surface area (TPSA) is 43.8 Å². The normalized spacial score (nSPS) is 20.0. The number of anilines is 1. The molecule has 4 nitrogen and oxygen atoms in total. The van der Waals surface area contributed by atoms with Crippen LogP contribution in [0.4, 0.5) is 5.69 Å². The van der Waals surface area contributed by atoms with Gasteiger partial charge in [0.05, 0.1) is 5.69 Å². The summed E-state index contributed by atoms with van der Waals surface area (Å²) in [6, 6.07) is 5.85. The van der Waals surface area contributed by atoms with Crippen LogP contribution in [-0.2, 0) is 4.79 Å². The number of likely N-dealkylation sites (N-methyl/N-ethyl adjacent to an activating group) is 1. The zero-order chi connectivity index (χ0) is 14.0. The maximum Gasteiger partial charge on any atom is 0.245 e. The van der Waals surface area contributed by atoms with Crippen LogP contribution in [0.2, 0.25) is 0 Å². The fourth-order valence-electron chi connectivity index (χ4n) is 2.45. The highest BCUT2D eigenvalue weighted by atomic mass is 79.9. The Bertz CT molecular complexity index is 479. The average molecular weight is 327 g/mol. The molecule has 0 bridgehead atoms. The molecule has 0 saturated carbocycles. The van der Waals surface area contributed by atoms with Gasteiger partial charge in [0.15, 0.2) is 0 Å². The molecule has 19 heavy (non-hydrogen) atoms. The highest BCUT2D eigenvalue weighted by Gasteiger charge is 2.33. The molecule has 0 spiro atoms. The van der Waals surface area contributed by atoms with Gasteiger partial charge in [0.2, 0.25) is 5.91 Å². The summed E-state index contributed by atoms with van der Waals surface area (Å²) in [5, 5.41) is 9.19. The molecule has 0 radical (unpaired) electrons. The van der Waals surface area contributed by atoms with Gasteiger partial charge in [-0.1, -0.05) is 6.07 Å². The summed E-state index contributed by atoms with van der Waals surface area (Å²) < 4.78 is 0.993. The quantitative estimate of drug-likeness (QED) is 0.920. The molecule has 1 aromatic rings. The molecule has 1 aromatic carbocycles. The second-order valence-electron chi connectivity index (χ2n) is 4.94. The summed E-state index contributed by atoms with van der Waals surface area (Å²) in [4.78, 5) is 16.1. The lowest BCUT2D eigenvalue weighted by atomic mass is 10.1. The molecule has 5 heteroatoms. The molecule has 1 fully saturated rings. The summed E-state index contributed by atoms with van der Waals surface area (Å²) >= 11 is 3.57. The highest BCUT2D eigenvalue weighted by Crippen LogP contribution is 2.31.